The second-order valence-electron chi connectivity index (χ2n) is 14.7. The highest BCUT2D eigenvalue weighted by Crippen LogP contribution is 2.40. The number of aromatic amines is 2. The van der Waals surface area contributed by atoms with E-state index in [1.807, 2.05) is 18.7 Å². The first-order valence-electron chi connectivity index (χ1n) is 18.5. The highest BCUT2D eigenvalue weighted by molar-refractivity contribution is 7.23. The Morgan fingerprint density at radius 2 is 1.79 bits per heavy atom. The van der Waals surface area contributed by atoms with Gasteiger partial charge in [0.25, 0.3) is 0 Å². The Labute approximate surface area is 308 Å². The minimum absolute atomic E-state index is 0.0435. The molecule has 6 N–H and O–H groups in total. The Bertz CT molecular complexity index is 2170. The van der Waals surface area contributed by atoms with Crippen molar-refractivity contribution in [3.05, 3.63) is 54.1 Å². The van der Waals surface area contributed by atoms with E-state index in [1.165, 1.54) is 0 Å². The fourth-order valence-corrected chi connectivity index (χ4v) is 8.76. The number of hydrogen-bond donors (Lipinski definition) is 5. The lowest BCUT2D eigenvalue weighted by molar-refractivity contribution is -0.139. The predicted octanol–water partition coefficient (Wildman–Crippen LogP) is 7.10. The van der Waals surface area contributed by atoms with Gasteiger partial charge in [0.05, 0.1) is 46.6 Å². The van der Waals surface area contributed by atoms with Gasteiger partial charge >= 0.3 is 0 Å². The summed E-state index contributed by atoms with van der Waals surface area (Å²) in [7, 11) is 3.22. The van der Waals surface area contributed by atoms with Crippen LogP contribution in [0.1, 0.15) is 83.4 Å². The van der Waals surface area contributed by atoms with Gasteiger partial charge in [-0.1, -0.05) is 33.8 Å². The van der Waals surface area contributed by atoms with Crippen molar-refractivity contribution in [2.45, 2.75) is 83.8 Å². The zero-order valence-electron chi connectivity index (χ0n) is 31.0. The largest absolute Gasteiger partial charge is 0.354 e. The smallest absolute Gasteiger partial charge is 0.242 e. The van der Waals surface area contributed by atoms with E-state index in [2.05, 4.69) is 77.2 Å². The summed E-state index contributed by atoms with van der Waals surface area (Å²) >= 11 is 1.72. The number of amides is 1. The van der Waals surface area contributed by atoms with Crippen LogP contribution in [0.15, 0.2) is 42.5 Å². The highest BCUT2D eigenvalue weighted by Gasteiger charge is 2.37. The first kappa shape index (κ1) is 36.4. The molecule has 7 rings (SSSR count). The minimum Gasteiger partial charge on any atom is -0.354 e. The number of aromatic nitrogens is 5. The molecule has 2 aromatic carbocycles. The molecule has 5 heterocycles. The van der Waals surface area contributed by atoms with Gasteiger partial charge in [0.1, 0.15) is 28.7 Å². The van der Waals surface area contributed by atoms with Gasteiger partial charge in [0.2, 0.25) is 5.91 Å². The van der Waals surface area contributed by atoms with E-state index in [0.29, 0.717) is 19.0 Å². The number of imidazole rings is 2. The summed E-state index contributed by atoms with van der Waals surface area (Å²) in [6.07, 6.45) is 4.51. The van der Waals surface area contributed by atoms with Crippen LogP contribution >= 0.6 is 11.3 Å². The third-order valence-electron chi connectivity index (χ3n) is 10.5. The average Bonchev–Trinajstić information content (AvgIpc) is 3.95. The SMILES string of the molecule is CON[C@H](C(=O)N1CCC[C@H]1c1nc2c(ccc3cc(-c4ccc5c(ccc6nc([C@H](CCCN)C[C@@H](NOC)C(C)C)nc65)[nH]4)sc32)[nH]1)C(C)C. The number of nitrogens with two attached hydrogens (primary N) is 1. The van der Waals surface area contributed by atoms with Gasteiger partial charge in [-0.2, -0.15) is 11.0 Å². The molecule has 0 unspecified atom stereocenters. The number of rotatable bonds is 15. The molecule has 12 nitrogen and oxygen atoms in total. The molecular weight excluding hydrogens is 675 g/mol. The number of likely N-dealkylation sites (tertiary alicyclic amines) is 1. The summed E-state index contributed by atoms with van der Waals surface area (Å²) in [6, 6.07) is 14.6. The van der Waals surface area contributed by atoms with E-state index in [4.69, 9.17) is 30.4 Å². The molecule has 13 heteroatoms. The molecule has 0 spiro atoms. The summed E-state index contributed by atoms with van der Waals surface area (Å²) in [5.41, 5.74) is 17.8. The Kier molecular flexibility index (Phi) is 10.9. The molecule has 0 bridgehead atoms. The molecule has 4 atom stereocenters. The van der Waals surface area contributed by atoms with E-state index < -0.39 is 6.04 Å². The van der Waals surface area contributed by atoms with E-state index in [1.54, 1.807) is 25.6 Å². The maximum atomic E-state index is 13.6. The van der Waals surface area contributed by atoms with Gasteiger partial charge in [0.15, 0.2) is 0 Å². The third-order valence-corrected chi connectivity index (χ3v) is 11.7. The van der Waals surface area contributed by atoms with Crippen molar-refractivity contribution < 1.29 is 14.5 Å². The summed E-state index contributed by atoms with van der Waals surface area (Å²) in [4.78, 5) is 49.7. The van der Waals surface area contributed by atoms with Crippen LogP contribution in [0.5, 0.6) is 0 Å². The number of thiophene rings is 1. The second-order valence-corrected chi connectivity index (χ2v) is 15.8. The number of carbonyl (C=O) groups is 1. The van der Waals surface area contributed by atoms with Gasteiger partial charge in [-0.25, -0.2) is 15.0 Å². The van der Waals surface area contributed by atoms with Crippen LogP contribution in [0.3, 0.4) is 0 Å². The lowest BCUT2D eigenvalue weighted by Gasteiger charge is -2.29. The Balaban J connectivity index is 1.18. The first-order chi connectivity index (χ1) is 25.2. The summed E-state index contributed by atoms with van der Waals surface area (Å²) < 4.78 is 1.12. The summed E-state index contributed by atoms with van der Waals surface area (Å²) in [5.74, 6) is 2.40. The lowest BCUT2D eigenvalue weighted by atomic mass is 9.89. The van der Waals surface area contributed by atoms with Crippen LogP contribution in [-0.4, -0.2) is 75.1 Å². The zero-order valence-corrected chi connectivity index (χ0v) is 31.8. The van der Waals surface area contributed by atoms with Crippen molar-refractivity contribution in [3.8, 4) is 10.6 Å². The van der Waals surface area contributed by atoms with E-state index in [0.717, 1.165) is 97.4 Å². The van der Waals surface area contributed by atoms with E-state index in [-0.39, 0.29) is 29.8 Å². The molecule has 1 aliphatic rings. The van der Waals surface area contributed by atoms with Crippen molar-refractivity contribution in [1.29, 1.82) is 0 Å². The quantitative estimate of drug-likeness (QED) is 0.0697. The molecule has 276 valence electrons. The highest BCUT2D eigenvalue weighted by atomic mass is 32.1. The van der Waals surface area contributed by atoms with Crippen LogP contribution < -0.4 is 16.7 Å². The first-order valence-corrected chi connectivity index (χ1v) is 19.3. The fourth-order valence-electron chi connectivity index (χ4n) is 7.62. The molecule has 0 saturated carbocycles. The number of nitrogens with one attached hydrogen (secondary N) is 4. The monoisotopic (exact) mass is 725 g/mol. The number of benzene rings is 2. The number of carbonyl (C=O) groups excluding carboxylic acids is 1. The van der Waals surface area contributed by atoms with Gasteiger partial charge < -0.3 is 30.3 Å². The topological polar surface area (TPSA) is 159 Å². The second kappa shape index (κ2) is 15.6. The number of fused-ring (bicyclic) bond motifs is 6. The summed E-state index contributed by atoms with van der Waals surface area (Å²) in [6.45, 7) is 9.79. The van der Waals surface area contributed by atoms with Crippen LogP contribution in [0.2, 0.25) is 0 Å². The van der Waals surface area contributed by atoms with E-state index >= 15 is 0 Å². The van der Waals surface area contributed by atoms with Crippen LogP contribution in [0.4, 0.5) is 0 Å². The molecule has 52 heavy (non-hydrogen) atoms. The fraction of sp³-hybridized carbons (Fsp3) is 0.487. The molecule has 0 radical (unpaired) electrons. The number of hydroxylamine groups is 2. The van der Waals surface area contributed by atoms with Crippen molar-refractivity contribution >= 4 is 60.3 Å². The van der Waals surface area contributed by atoms with Crippen molar-refractivity contribution in [2.24, 2.45) is 17.6 Å². The summed E-state index contributed by atoms with van der Waals surface area (Å²) in [5, 5.41) is 2.18. The van der Waals surface area contributed by atoms with Crippen LogP contribution in [0, 0.1) is 11.8 Å². The Morgan fingerprint density at radius 1 is 0.981 bits per heavy atom. The van der Waals surface area contributed by atoms with Crippen molar-refractivity contribution in [1.82, 2.24) is 40.8 Å². The lowest BCUT2D eigenvalue weighted by Crippen LogP contribution is -2.48. The maximum absolute atomic E-state index is 13.6. The van der Waals surface area contributed by atoms with Crippen molar-refractivity contribution in [3.63, 3.8) is 0 Å². The van der Waals surface area contributed by atoms with E-state index in [9.17, 15) is 4.79 Å². The van der Waals surface area contributed by atoms with Gasteiger partial charge in [-0.15, -0.1) is 11.3 Å². The molecule has 1 amide bonds. The molecule has 1 aliphatic heterocycles. The standard InChI is InChI=1S/C39H51N9O3S/c1-21(2)30(46-50-5)19-24(9-7-17-40)37-42-28-16-15-26-25(34(28)44-37)12-14-27(41-26)32-20-23-11-13-29-35(36(23)52-32)45-38(43-29)31-10-8-18-48(31)39(49)33(22(3)4)47-51-6/h11-16,20-22,24,30-31,33,41,46-47H,7-10,17-19,40H2,1-6H3,(H,43,45)/t24-,30-,31+,33+/m1/s1. The third kappa shape index (κ3) is 7.05. The van der Waals surface area contributed by atoms with Crippen LogP contribution in [0.25, 0.3) is 53.6 Å². The molecule has 1 fully saturated rings. The Morgan fingerprint density at radius 3 is 2.54 bits per heavy atom. The van der Waals surface area contributed by atoms with Gasteiger partial charge in [-0.3, -0.25) is 4.79 Å². The number of nitrogens with zero attached hydrogens (tertiary/aromatic N) is 4. The number of H-pyrrole nitrogens is 2. The van der Waals surface area contributed by atoms with Crippen molar-refractivity contribution in [2.75, 3.05) is 27.3 Å². The molecule has 0 aliphatic carbocycles. The molecular formula is C39H51N9O3S. The predicted molar refractivity (Wildman–Crippen MR) is 209 cm³/mol. The molecule has 1 saturated heterocycles. The number of pyridine rings is 1. The minimum atomic E-state index is -0.414. The van der Waals surface area contributed by atoms with Gasteiger partial charge in [-0.05, 0) is 92.3 Å². The maximum Gasteiger partial charge on any atom is 0.242 e. The number of hydrogen-bond acceptors (Lipinski definition) is 10. The Hall–Kier alpha value is -3.98. The van der Waals surface area contributed by atoms with Crippen LogP contribution in [-0.2, 0) is 14.5 Å². The molecule has 6 aromatic rings. The molecule has 4 aromatic heterocycles. The average molecular weight is 726 g/mol. The zero-order chi connectivity index (χ0) is 36.5. The normalized spacial score (nSPS) is 17.1. The van der Waals surface area contributed by atoms with Gasteiger partial charge in [0, 0.05) is 29.4 Å².